The molecule has 0 fully saturated rings. The molecule has 1 N–H and O–H groups in total. The number of nitrogens with zero attached hydrogens (tertiary/aromatic N) is 2. The zero-order valence-corrected chi connectivity index (χ0v) is 14.8. The van der Waals surface area contributed by atoms with Crippen LogP contribution in [-0.4, -0.2) is 16.1 Å². The topological polar surface area (TPSA) is 68.0 Å². The number of nitrogens with one attached hydrogen (secondary N) is 1. The number of amides is 1. The highest BCUT2D eigenvalue weighted by molar-refractivity contribution is 7.21. The molecule has 0 aliphatic rings. The molecule has 0 saturated heterocycles. The van der Waals surface area contributed by atoms with Gasteiger partial charge in [-0.05, 0) is 30.3 Å². The molecule has 0 aliphatic carbocycles. The molecule has 4 rings (SSSR count). The minimum Gasteiger partial charge on any atom is -0.403 e. The number of hydrogen-bond donors (Lipinski definition) is 1. The van der Waals surface area contributed by atoms with Gasteiger partial charge in [-0.15, -0.1) is 16.4 Å². The van der Waals surface area contributed by atoms with Crippen molar-refractivity contribution >= 4 is 56.5 Å². The highest BCUT2D eigenvalue weighted by Crippen LogP contribution is 2.35. The molecular weight excluding hydrogens is 381 g/mol. The summed E-state index contributed by atoms with van der Waals surface area (Å²) in [7, 11) is 0. The average Bonchev–Trinajstić information content (AvgIpc) is 3.21. The van der Waals surface area contributed by atoms with E-state index in [0.717, 1.165) is 10.1 Å². The summed E-state index contributed by atoms with van der Waals surface area (Å²) in [5.41, 5.74) is 0.706. The average molecular weight is 390 g/mol. The number of hydrogen-bond acceptors (Lipinski definition) is 5. The Hall–Kier alpha value is -2.41. The minimum atomic E-state index is -0.391. The van der Waals surface area contributed by atoms with Gasteiger partial charge in [0.05, 0.1) is 5.02 Å². The molecule has 0 spiro atoms. The van der Waals surface area contributed by atoms with Crippen LogP contribution in [0.25, 0.3) is 21.5 Å². The molecule has 0 saturated carbocycles. The molecule has 1 amide bonds. The Kier molecular flexibility index (Phi) is 4.17. The summed E-state index contributed by atoms with van der Waals surface area (Å²) >= 11 is 13.5. The van der Waals surface area contributed by atoms with Crippen molar-refractivity contribution in [3.8, 4) is 11.5 Å². The SMILES string of the molecule is O=C(Nc1nnc(-c2ccc(Cl)cc2)o1)c1sc2ccccc2c1Cl. The van der Waals surface area contributed by atoms with Crippen molar-refractivity contribution in [3.05, 3.63) is 63.5 Å². The fraction of sp³-hybridized carbons (Fsp3) is 0. The highest BCUT2D eigenvalue weighted by atomic mass is 35.5. The Balaban J connectivity index is 1.58. The summed E-state index contributed by atoms with van der Waals surface area (Å²) < 4.78 is 6.42. The number of thiophene rings is 1. The van der Waals surface area contributed by atoms with E-state index in [-0.39, 0.29) is 11.9 Å². The Bertz CT molecular complexity index is 1070. The third kappa shape index (κ3) is 3.11. The summed E-state index contributed by atoms with van der Waals surface area (Å²) in [4.78, 5) is 12.9. The molecule has 2 aromatic carbocycles. The molecule has 5 nitrogen and oxygen atoms in total. The van der Waals surface area contributed by atoms with E-state index in [1.807, 2.05) is 24.3 Å². The van der Waals surface area contributed by atoms with Gasteiger partial charge in [-0.1, -0.05) is 46.5 Å². The van der Waals surface area contributed by atoms with E-state index in [4.69, 9.17) is 27.6 Å². The number of rotatable bonds is 3. The molecule has 124 valence electrons. The molecule has 0 bridgehead atoms. The van der Waals surface area contributed by atoms with Crippen LogP contribution in [0.3, 0.4) is 0 Å². The van der Waals surface area contributed by atoms with Gasteiger partial charge in [0.15, 0.2) is 0 Å². The van der Waals surface area contributed by atoms with E-state index < -0.39 is 5.91 Å². The number of aromatic nitrogens is 2. The second-order valence-corrected chi connectivity index (χ2v) is 6.98. The van der Waals surface area contributed by atoms with E-state index >= 15 is 0 Å². The van der Waals surface area contributed by atoms with Crippen LogP contribution < -0.4 is 5.32 Å². The van der Waals surface area contributed by atoms with Crippen molar-refractivity contribution in [1.29, 1.82) is 0 Å². The van der Waals surface area contributed by atoms with Crippen LogP contribution in [0, 0.1) is 0 Å². The van der Waals surface area contributed by atoms with Gasteiger partial charge in [0.2, 0.25) is 5.89 Å². The van der Waals surface area contributed by atoms with Crippen molar-refractivity contribution in [2.75, 3.05) is 5.32 Å². The van der Waals surface area contributed by atoms with Gasteiger partial charge in [-0.25, -0.2) is 0 Å². The minimum absolute atomic E-state index is 0.00322. The van der Waals surface area contributed by atoms with Crippen molar-refractivity contribution < 1.29 is 9.21 Å². The first-order valence-electron chi connectivity index (χ1n) is 7.19. The van der Waals surface area contributed by atoms with E-state index in [0.29, 0.717) is 20.5 Å². The number of carbonyl (C=O) groups excluding carboxylic acids is 1. The number of halogens is 2. The first-order chi connectivity index (χ1) is 12.1. The molecule has 2 aromatic heterocycles. The smallest absolute Gasteiger partial charge is 0.322 e. The summed E-state index contributed by atoms with van der Waals surface area (Å²) in [6.45, 7) is 0. The Morgan fingerprint density at radius 3 is 2.56 bits per heavy atom. The maximum Gasteiger partial charge on any atom is 0.322 e. The summed E-state index contributed by atoms with van der Waals surface area (Å²) in [6, 6.07) is 14.5. The van der Waals surface area contributed by atoms with Crippen LogP contribution in [0.4, 0.5) is 6.01 Å². The van der Waals surface area contributed by atoms with Crippen LogP contribution in [0.5, 0.6) is 0 Å². The summed E-state index contributed by atoms with van der Waals surface area (Å²) in [5.74, 6) is -0.105. The summed E-state index contributed by atoms with van der Waals surface area (Å²) in [5, 5.41) is 12.2. The molecule has 25 heavy (non-hydrogen) atoms. The lowest BCUT2D eigenvalue weighted by atomic mass is 10.2. The van der Waals surface area contributed by atoms with Crippen molar-refractivity contribution in [2.24, 2.45) is 0 Å². The first kappa shape index (κ1) is 16.1. The number of benzene rings is 2. The van der Waals surface area contributed by atoms with Crippen LogP contribution in [0.15, 0.2) is 52.9 Å². The zero-order chi connectivity index (χ0) is 17.4. The van der Waals surface area contributed by atoms with E-state index in [9.17, 15) is 4.79 Å². The number of carbonyl (C=O) groups is 1. The standard InChI is InChI=1S/C17H9Cl2N3O2S/c18-10-7-5-9(6-8-10)16-21-22-17(24-16)20-15(23)14-13(19)11-3-1-2-4-12(11)25-14/h1-8H,(H,20,22,23). The Morgan fingerprint density at radius 2 is 1.80 bits per heavy atom. The fourth-order valence-corrected chi connectivity index (χ4v) is 3.84. The van der Waals surface area contributed by atoms with Gasteiger partial charge < -0.3 is 4.42 Å². The molecule has 0 aliphatic heterocycles. The molecule has 4 aromatic rings. The predicted molar refractivity (Wildman–Crippen MR) is 99.5 cm³/mol. The maximum absolute atomic E-state index is 12.5. The number of anilines is 1. The molecule has 2 heterocycles. The summed E-state index contributed by atoms with van der Waals surface area (Å²) in [6.07, 6.45) is 0. The lowest BCUT2D eigenvalue weighted by Gasteiger charge is -1.98. The molecule has 0 radical (unpaired) electrons. The van der Waals surface area contributed by atoms with Crippen LogP contribution in [0.2, 0.25) is 10.0 Å². The maximum atomic E-state index is 12.5. The quantitative estimate of drug-likeness (QED) is 0.501. The lowest BCUT2D eigenvalue weighted by molar-refractivity contribution is 0.102. The molecular formula is C17H9Cl2N3O2S. The van der Waals surface area contributed by atoms with E-state index in [1.54, 1.807) is 24.3 Å². The van der Waals surface area contributed by atoms with Gasteiger partial charge in [-0.2, -0.15) is 0 Å². The first-order valence-corrected chi connectivity index (χ1v) is 8.77. The normalized spacial score (nSPS) is 11.0. The largest absolute Gasteiger partial charge is 0.403 e. The molecule has 0 atom stereocenters. The monoisotopic (exact) mass is 389 g/mol. The second-order valence-electron chi connectivity index (χ2n) is 5.11. The van der Waals surface area contributed by atoms with E-state index in [1.165, 1.54) is 11.3 Å². The van der Waals surface area contributed by atoms with Gasteiger partial charge in [0.1, 0.15) is 4.88 Å². The number of fused-ring (bicyclic) bond motifs is 1. The van der Waals surface area contributed by atoms with Gasteiger partial charge in [0, 0.05) is 20.7 Å². The predicted octanol–water partition coefficient (Wildman–Crippen LogP) is 5.51. The zero-order valence-electron chi connectivity index (χ0n) is 12.5. The lowest BCUT2D eigenvalue weighted by Crippen LogP contribution is -2.10. The van der Waals surface area contributed by atoms with Crippen molar-refractivity contribution in [3.63, 3.8) is 0 Å². The fourth-order valence-electron chi connectivity index (χ4n) is 2.30. The highest BCUT2D eigenvalue weighted by Gasteiger charge is 2.19. The van der Waals surface area contributed by atoms with Gasteiger partial charge in [0.25, 0.3) is 5.91 Å². The third-order valence-corrected chi connectivity index (χ3v) is 5.40. The Labute approximate surface area is 156 Å². The third-order valence-electron chi connectivity index (χ3n) is 3.48. The van der Waals surface area contributed by atoms with Crippen LogP contribution in [0.1, 0.15) is 9.67 Å². The van der Waals surface area contributed by atoms with Gasteiger partial charge in [-0.3, -0.25) is 10.1 Å². The van der Waals surface area contributed by atoms with Crippen LogP contribution >= 0.6 is 34.5 Å². The molecule has 0 unspecified atom stereocenters. The van der Waals surface area contributed by atoms with Crippen LogP contribution in [-0.2, 0) is 0 Å². The van der Waals surface area contributed by atoms with Crippen molar-refractivity contribution in [1.82, 2.24) is 10.2 Å². The van der Waals surface area contributed by atoms with Crippen molar-refractivity contribution in [2.45, 2.75) is 0 Å². The molecule has 8 heteroatoms. The van der Waals surface area contributed by atoms with Gasteiger partial charge >= 0.3 is 6.01 Å². The second kappa shape index (κ2) is 6.48. The Morgan fingerprint density at radius 1 is 1.04 bits per heavy atom. The van der Waals surface area contributed by atoms with E-state index in [2.05, 4.69) is 15.5 Å².